The molecule has 1 rings (SSSR count). The first-order valence-electron chi connectivity index (χ1n) is 6.33. The number of aliphatic hydroxyl groups excluding tert-OH is 1. The summed E-state index contributed by atoms with van der Waals surface area (Å²) < 4.78 is 0. The summed E-state index contributed by atoms with van der Waals surface area (Å²) in [5.74, 6) is 0.449. The second-order valence-corrected chi connectivity index (χ2v) is 4.61. The highest BCUT2D eigenvalue weighted by Crippen LogP contribution is 2.25. The van der Waals surface area contributed by atoms with Crippen molar-refractivity contribution in [3.63, 3.8) is 0 Å². The summed E-state index contributed by atoms with van der Waals surface area (Å²) >= 11 is 0. The summed E-state index contributed by atoms with van der Waals surface area (Å²) in [5, 5.41) is 8.98. The zero-order chi connectivity index (χ0) is 12.0. The van der Waals surface area contributed by atoms with Gasteiger partial charge in [-0.1, -0.05) is 13.3 Å². The Morgan fingerprint density at radius 3 is 2.62 bits per heavy atom. The van der Waals surface area contributed by atoms with Gasteiger partial charge in [-0.2, -0.15) is 0 Å². The van der Waals surface area contributed by atoms with Gasteiger partial charge in [0.2, 0.25) is 5.91 Å². The van der Waals surface area contributed by atoms with Crippen molar-refractivity contribution in [1.82, 2.24) is 4.90 Å². The van der Waals surface area contributed by atoms with E-state index in [9.17, 15) is 4.79 Å². The maximum Gasteiger partial charge on any atom is 0.223 e. The van der Waals surface area contributed by atoms with Crippen LogP contribution in [0.3, 0.4) is 0 Å². The predicted octanol–water partition coefficient (Wildman–Crippen LogP) is 0.735. The molecule has 0 aromatic heterocycles. The Balaban J connectivity index is 2.45. The number of hydrogen-bond acceptors (Lipinski definition) is 3. The highest BCUT2D eigenvalue weighted by Gasteiger charge is 2.28. The summed E-state index contributed by atoms with van der Waals surface area (Å²) in [6.45, 7) is 3.16. The molecule has 0 saturated heterocycles. The van der Waals surface area contributed by atoms with Crippen molar-refractivity contribution in [3.05, 3.63) is 0 Å². The normalized spacial score (nSPS) is 17.9. The summed E-state index contributed by atoms with van der Waals surface area (Å²) in [7, 11) is 0. The fourth-order valence-corrected chi connectivity index (χ4v) is 2.08. The van der Waals surface area contributed by atoms with Crippen molar-refractivity contribution in [2.24, 2.45) is 11.7 Å². The van der Waals surface area contributed by atoms with E-state index >= 15 is 0 Å². The van der Waals surface area contributed by atoms with Crippen LogP contribution in [-0.2, 0) is 4.79 Å². The lowest BCUT2D eigenvalue weighted by Crippen LogP contribution is -2.46. The van der Waals surface area contributed by atoms with E-state index in [2.05, 4.69) is 6.92 Å². The van der Waals surface area contributed by atoms with Gasteiger partial charge >= 0.3 is 0 Å². The summed E-state index contributed by atoms with van der Waals surface area (Å²) in [6.07, 6.45) is 4.85. The molecule has 0 aromatic carbocycles. The number of amides is 1. The lowest BCUT2D eigenvalue weighted by molar-refractivity contribution is -0.136. The Hall–Kier alpha value is -0.610. The van der Waals surface area contributed by atoms with Crippen LogP contribution in [0.2, 0.25) is 0 Å². The molecule has 1 aliphatic carbocycles. The Bertz CT molecular complexity index is 213. The zero-order valence-corrected chi connectivity index (χ0v) is 10.2. The highest BCUT2D eigenvalue weighted by molar-refractivity contribution is 5.77. The summed E-state index contributed by atoms with van der Waals surface area (Å²) in [5.41, 5.74) is 5.61. The predicted molar refractivity (Wildman–Crippen MR) is 63.9 cm³/mol. The van der Waals surface area contributed by atoms with Crippen LogP contribution >= 0.6 is 0 Å². The molecule has 1 amide bonds. The Labute approximate surface area is 97.8 Å². The Morgan fingerprint density at radius 2 is 2.25 bits per heavy atom. The maximum atomic E-state index is 12.1. The fraction of sp³-hybridized carbons (Fsp3) is 0.917. The van der Waals surface area contributed by atoms with Crippen molar-refractivity contribution in [2.75, 3.05) is 19.7 Å². The molecule has 4 heteroatoms. The van der Waals surface area contributed by atoms with Gasteiger partial charge in [0.05, 0.1) is 6.61 Å². The quantitative estimate of drug-likeness (QED) is 0.675. The zero-order valence-electron chi connectivity index (χ0n) is 10.2. The van der Waals surface area contributed by atoms with Crippen LogP contribution in [0.25, 0.3) is 0 Å². The molecule has 1 fully saturated rings. The van der Waals surface area contributed by atoms with Crippen molar-refractivity contribution in [1.29, 1.82) is 0 Å². The highest BCUT2D eigenvalue weighted by atomic mass is 16.3. The van der Waals surface area contributed by atoms with Crippen LogP contribution in [-0.4, -0.2) is 41.7 Å². The largest absolute Gasteiger partial charge is 0.395 e. The van der Waals surface area contributed by atoms with Crippen molar-refractivity contribution >= 4 is 5.91 Å². The monoisotopic (exact) mass is 228 g/mol. The van der Waals surface area contributed by atoms with Crippen LogP contribution in [0.15, 0.2) is 0 Å². The maximum absolute atomic E-state index is 12.1. The molecule has 0 bridgehead atoms. The van der Waals surface area contributed by atoms with E-state index in [1.807, 2.05) is 4.90 Å². The number of carbonyl (C=O) groups excluding carboxylic acids is 1. The van der Waals surface area contributed by atoms with Crippen LogP contribution in [0.4, 0.5) is 0 Å². The van der Waals surface area contributed by atoms with Gasteiger partial charge in [-0.05, 0) is 31.7 Å². The minimum atomic E-state index is 0.0572. The molecule has 4 nitrogen and oxygen atoms in total. The third kappa shape index (κ3) is 3.46. The number of aliphatic hydroxyl groups is 1. The van der Waals surface area contributed by atoms with Gasteiger partial charge in [0.25, 0.3) is 0 Å². The number of carbonyl (C=O) groups is 1. The molecule has 0 aromatic rings. The topological polar surface area (TPSA) is 66.6 Å². The van der Waals surface area contributed by atoms with Crippen molar-refractivity contribution in [2.45, 2.75) is 45.1 Å². The second kappa shape index (κ2) is 6.86. The van der Waals surface area contributed by atoms with Gasteiger partial charge in [-0.15, -0.1) is 0 Å². The molecule has 0 spiro atoms. The third-order valence-corrected chi connectivity index (χ3v) is 3.55. The summed E-state index contributed by atoms with van der Waals surface area (Å²) in [6, 6.07) is 0.370. The van der Waals surface area contributed by atoms with Gasteiger partial charge in [0.1, 0.15) is 0 Å². The molecular formula is C12H24N2O2. The van der Waals surface area contributed by atoms with E-state index in [1.54, 1.807) is 0 Å². The Kier molecular flexibility index (Phi) is 5.77. The molecule has 1 saturated carbocycles. The standard InChI is InChI=1S/C12H24N2O2/c1-2-10(9-13)8-12(16)14(6-7-15)11-4-3-5-11/h10-11,15H,2-9,13H2,1H3. The van der Waals surface area contributed by atoms with Gasteiger partial charge in [0, 0.05) is 19.0 Å². The number of nitrogens with two attached hydrogens (primary N) is 1. The molecular weight excluding hydrogens is 204 g/mol. The Morgan fingerprint density at radius 1 is 1.56 bits per heavy atom. The first kappa shape index (κ1) is 13.5. The molecule has 3 N–H and O–H groups in total. The van der Waals surface area contributed by atoms with E-state index in [1.165, 1.54) is 6.42 Å². The van der Waals surface area contributed by atoms with Crippen LogP contribution in [0.5, 0.6) is 0 Å². The van der Waals surface area contributed by atoms with E-state index in [0.29, 0.717) is 25.6 Å². The second-order valence-electron chi connectivity index (χ2n) is 4.61. The number of rotatable bonds is 7. The average molecular weight is 228 g/mol. The summed E-state index contributed by atoms with van der Waals surface area (Å²) in [4.78, 5) is 13.9. The van der Waals surface area contributed by atoms with E-state index in [-0.39, 0.29) is 18.4 Å². The molecule has 0 radical (unpaired) electrons. The van der Waals surface area contributed by atoms with E-state index in [4.69, 9.17) is 10.8 Å². The van der Waals surface area contributed by atoms with E-state index < -0.39 is 0 Å². The van der Waals surface area contributed by atoms with Crippen LogP contribution in [0, 0.1) is 5.92 Å². The fourth-order valence-electron chi connectivity index (χ4n) is 2.08. The van der Waals surface area contributed by atoms with Crippen LogP contribution < -0.4 is 5.73 Å². The van der Waals surface area contributed by atoms with Gasteiger partial charge < -0.3 is 15.7 Å². The number of hydrogen-bond donors (Lipinski definition) is 2. The minimum Gasteiger partial charge on any atom is -0.395 e. The third-order valence-electron chi connectivity index (χ3n) is 3.55. The van der Waals surface area contributed by atoms with Crippen LogP contribution in [0.1, 0.15) is 39.0 Å². The smallest absolute Gasteiger partial charge is 0.223 e. The molecule has 1 unspecified atom stereocenters. The minimum absolute atomic E-state index is 0.0572. The first-order valence-corrected chi connectivity index (χ1v) is 6.33. The molecule has 1 atom stereocenters. The van der Waals surface area contributed by atoms with Gasteiger partial charge in [0.15, 0.2) is 0 Å². The van der Waals surface area contributed by atoms with E-state index in [0.717, 1.165) is 19.3 Å². The molecule has 16 heavy (non-hydrogen) atoms. The SMILES string of the molecule is CCC(CN)CC(=O)N(CCO)C1CCC1. The number of nitrogens with zero attached hydrogens (tertiary/aromatic N) is 1. The molecule has 0 aliphatic heterocycles. The van der Waals surface area contributed by atoms with Crippen molar-refractivity contribution in [3.8, 4) is 0 Å². The molecule has 94 valence electrons. The van der Waals surface area contributed by atoms with Gasteiger partial charge in [-0.3, -0.25) is 4.79 Å². The molecule has 1 aliphatic rings. The van der Waals surface area contributed by atoms with Crippen molar-refractivity contribution < 1.29 is 9.90 Å². The first-order chi connectivity index (χ1) is 7.72. The lowest BCUT2D eigenvalue weighted by Gasteiger charge is -2.38. The lowest BCUT2D eigenvalue weighted by atomic mass is 9.90. The molecule has 0 heterocycles. The average Bonchev–Trinajstić information content (AvgIpc) is 2.22. The van der Waals surface area contributed by atoms with Gasteiger partial charge in [-0.25, -0.2) is 0 Å².